The molecule has 2 N–H and O–H groups in total. The molecule has 0 bridgehead atoms. The molecule has 1 aliphatic heterocycles. The van der Waals surface area contributed by atoms with E-state index in [2.05, 4.69) is 40.4 Å². The van der Waals surface area contributed by atoms with E-state index in [-0.39, 0.29) is 0 Å². The highest BCUT2D eigenvalue weighted by Gasteiger charge is 2.21. The summed E-state index contributed by atoms with van der Waals surface area (Å²) in [6.07, 6.45) is 1.07. The van der Waals surface area contributed by atoms with Crippen molar-refractivity contribution in [3.8, 4) is 0 Å². The third kappa shape index (κ3) is 2.20. The van der Waals surface area contributed by atoms with Gasteiger partial charge in [-0.05, 0) is 37.5 Å². The Bertz CT molecular complexity index is 549. The van der Waals surface area contributed by atoms with Gasteiger partial charge in [-0.25, -0.2) is 4.98 Å². The predicted octanol–water partition coefficient (Wildman–Crippen LogP) is 2.71. The average Bonchev–Trinajstić information content (AvgIpc) is 2.71. The van der Waals surface area contributed by atoms with Crippen molar-refractivity contribution in [2.45, 2.75) is 26.3 Å². The van der Waals surface area contributed by atoms with Gasteiger partial charge in [-0.15, -0.1) is 0 Å². The topological polar surface area (TPSA) is 49.9 Å². The number of benzene rings is 1. The molecule has 96 valence electrons. The molecule has 2 atom stereocenters. The smallest absolute Gasteiger partial charge is 0.104 e. The molecule has 0 saturated carbocycles. The summed E-state index contributed by atoms with van der Waals surface area (Å²) in [7, 11) is 0. The summed E-state index contributed by atoms with van der Waals surface area (Å²) in [5, 5.41) is 3.60. The lowest BCUT2D eigenvalue weighted by Gasteiger charge is -2.30. The van der Waals surface area contributed by atoms with E-state index in [0.717, 1.165) is 42.2 Å². The zero-order valence-electron chi connectivity index (χ0n) is 10.9. The fourth-order valence-electron chi connectivity index (χ4n) is 2.54. The lowest BCUT2D eigenvalue weighted by atomic mass is 9.97. The van der Waals surface area contributed by atoms with Crippen molar-refractivity contribution in [2.24, 2.45) is 5.92 Å². The second-order valence-electron chi connectivity index (χ2n) is 5.15. The SMILES string of the molecule is Cc1nc2ccc(NC3CCOCC3C)cc2[nH]1. The van der Waals surface area contributed by atoms with Crippen LogP contribution in [-0.2, 0) is 4.74 Å². The molecule has 1 aromatic carbocycles. The summed E-state index contributed by atoms with van der Waals surface area (Å²) in [4.78, 5) is 7.68. The van der Waals surface area contributed by atoms with Crippen LogP contribution >= 0.6 is 0 Å². The molecular formula is C14H19N3O. The maximum absolute atomic E-state index is 5.47. The standard InChI is InChI=1S/C14H19N3O/c1-9-8-18-6-5-12(9)17-11-3-4-13-14(7-11)16-10(2)15-13/h3-4,7,9,12,17H,5-6,8H2,1-2H3,(H,15,16). The van der Waals surface area contributed by atoms with Gasteiger partial charge in [0.25, 0.3) is 0 Å². The molecule has 0 amide bonds. The van der Waals surface area contributed by atoms with Crippen molar-refractivity contribution >= 4 is 16.7 Å². The van der Waals surface area contributed by atoms with Crippen LogP contribution in [0.5, 0.6) is 0 Å². The fourth-order valence-corrected chi connectivity index (χ4v) is 2.54. The summed E-state index contributed by atoms with van der Waals surface area (Å²) in [6.45, 7) is 5.92. The van der Waals surface area contributed by atoms with Gasteiger partial charge in [0.15, 0.2) is 0 Å². The zero-order chi connectivity index (χ0) is 12.5. The van der Waals surface area contributed by atoms with Crippen molar-refractivity contribution in [1.29, 1.82) is 0 Å². The minimum absolute atomic E-state index is 0.500. The first-order valence-corrected chi connectivity index (χ1v) is 6.53. The Morgan fingerprint density at radius 3 is 3.17 bits per heavy atom. The number of ether oxygens (including phenoxy) is 1. The van der Waals surface area contributed by atoms with Crippen molar-refractivity contribution in [3.63, 3.8) is 0 Å². The summed E-state index contributed by atoms with van der Waals surface area (Å²) in [6, 6.07) is 6.80. The first-order chi connectivity index (χ1) is 8.72. The van der Waals surface area contributed by atoms with Gasteiger partial charge in [0, 0.05) is 18.3 Å². The Kier molecular flexibility index (Phi) is 2.96. The molecule has 0 spiro atoms. The van der Waals surface area contributed by atoms with E-state index in [4.69, 9.17) is 4.74 Å². The van der Waals surface area contributed by atoms with E-state index < -0.39 is 0 Å². The fraction of sp³-hybridized carbons (Fsp3) is 0.500. The van der Waals surface area contributed by atoms with Crippen LogP contribution in [0, 0.1) is 12.8 Å². The molecule has 4 nitrogen and oxygen atoms in total. The molecule has 1 saturated heterocycles. The van der Waals surface area contributed by atoms with Crippen LogP contribution in [0.4, 0.5) is 5.69 Å². The van der Waals surface area contributed by atoms with Gasteiger partial charge in [-0.3, -0.25) is 0 Å². The quantitative estimate of drug-likeness (QED) is 0.855. The Hall–Kier alpha value is -1.55. The van der Waals surface area contributed by atoms with Crippen LogP contribution in [0.2, 0.25) is 0 Å². The normalized spacial score (nSPS) is 24.3. The molecule has 4 heteroatoms. The Labute approximate surface area is 107 Å². The molecule has 1 aromatic heterocycles. The number of aromatic amines is 1. The van der Waals surface area contributed by atoms with Crippen molar-refractivity contribution in [1.82, 2.24) is 9.97 Å². The number of nitrogens with one attached hydrogen (secondary N) is 2. The molecule has 3 rings (SSSR count). The van der Waals surface area contributed by atoms with Crippen LogP contribution in [0.3, 0.4) is 0 Å². The summed E-state index contributed by atoms with van der Waals surface area (Å²) < 4.78 is 5.47. The first kappa shape index (κ1) is 11.5. The van der Waals surface area contributed by atoms with Crippen LogP contribution in [0.15, 0.2) is 18.2 Å². The average molecular weight is 245 g/mol. The third-order valence-electron chi connectivity index (χ3n) is 3.59. The third-order valence-corrected chi connectivity index (χ3v) is 3.59. The zero-order valence-corrected chi connectivity index (χ0v) is 10.9. The van der Waals surface area contributed by atoms with E-state index in [1.165, 1.54) is 0 Å². The van der Waals surface area contributed by atoms with Crippen molar-refractivity contribution in [2.75, 3.05) is 18.5 Å². The van der Waals surface area contributed by atoms with Crippen molar-refractivity contribution in [3.05, 3.63) is 24.0 Å². The minimum atomic E-state index is 0.500. The minimum Gasteiger partial charge on any atom is -0.382 e. The summed E-state index contributed by atoms with van der Waals surface area (Å²) in [5.74, 6) is 1.51. The predicted molar refractivity (Wildman–Crippen MR) is 72.8 cm³/mol. The van der Waals surface area contributed by atoms with Gasteiger partial charge in [-0.2, -0.15) is 0 Å². The molecule has 18 heavy (non-hydrogen) atoms. The van der Waals surface area contributed by atoms with Gasteiger partial charge >= 0.3 is 0 Å². The molecule has 0 radical (unpaired) electrons. The second-order valence-corrected chi connectivity index (χ2v) is 5.15. The van der Waals surface area contributed by atoms with Gasteiger partial charge in [0.2, 0.25) is 0 Å². The van der Waals surface area contributed by atoms with Crippen LogP contribution in [0.1, 0.15) is 19.2 Å². The number of rotatable bonds is 2. The summed E-state index contributed by atoms with van der Waals surface area (Å²) >= 11 is 0. The maximum Gasteiger partial charge on any atom is 0.104 e. The highest BCUT2D eigenvalue weighted by atomic mass is 16.5. The lowest BCUT2D eigenvalue weighted by Crippen LogP contribution is -2.35. The number of hydrogen-bond donors (Lipinski definition) is 2. The monoisotopic (exact) mass is 245 g/mol. The van der Waals surface area contributed by atoms with Crippen LogP contribution in [0.25, 0.3) is 11.0 Å². The van der Waals surface area contributed by atoms with Crippen molar-refractivity contribution < 1.29 is 4.74 Å². The molecule has 2 aromatic rings. The number of imidazole rings is 1. The molecule has 0 aliphatic carbocycles. The largest absolute Gasteiger partial charge is 0.382 e. The number of nitrogens with zero attached hydrogens (tertiary/aromatic N) is 1. The molecule has 1 fully saturated rings. The van der Waals surface area contributed by atoms with E-state index in [9.17, 15) is 0 Å². The van der Waals surface area contributed by atoms with E-state index in [1.54, 1.807) is 0 Å². The van der Waals surface area contributed by atoms with Gasteiger partial charge in [0.1, 0.15) is 5.82 Å². The molecular weight excluding hydrogens is 226 g/mol. The number of hydrogen-bond acceptors (Lipinski definition) is 3. The van der Waals surface area contributed by atoms with Gasteiger partial charge < -0.3 is 15.0 Å². The highest BCUT2D eigenvalue weighted by Crippen LogP contribution is 2.22. The number of H-pyrrole nitrogens is 1. The first-order valence-electron chi connectivity index (χ1n) is 6.53. The second kappa shape index (κ2) is 4.61. The van der Waals surface area contributed by atoms with Gasteiger partial charge in [-0.1, -0.05) is 6.92 Å². The summed E-state index contributed by atoms with van der Waals surface area (Å²) in [5.41, 5.74) is 3.28. The van der Waals surface area contributed by atoms with Gasteiger partial charge in [0.05, 0.1) is 17.6 Å². The van der Waals surface area contributed by atoms with Crippen LogP contribution in [-0.4, -0.2) is 29.2 Å². The number of aromatic nitrogens is 2. The lowest BCUT2D eigenvalue weighted by molar-refractivity contribution is 0.0538. The van der Waals surface area contributed by atoms with Crippen LogP contribution < -0.4 is 5.32 Å². The number of anilines is 1. The molecule has 2 unspecified atom stereocenters. The Morgan fingerprint density at radius 1 is 1.44 bits per heavy atom. The molecule has 2 heterocycles. The van der Waals surface area contributed by atoms with E-state index in [1.807, 2.05) is 6.92 Å². The molecule has 1 aliphatic rings. The maximum atomic E-state index is 5.47. The van der Waals surface area contributed by atoms with E-state index in [0.29, 0.717) is 12.0 Å². The van der Waals surface area contributed by atoms with E-state index >= 15 is 0 Å². The highest BCUT2D eigenvalue weighted by molar-refractivity contribution is 5.79. The number of fused-ring (bicyclic) bond motifs is 1. The number of aryl methyl sites for hydroxylation is 1. The Balaban J connectivity index is 1.81. The Morgan fingerprint density at radius 2 is 2.33 bits per heavy atom.